The number of phenolic OH excluding ortho intramolecular Hbond substituents is 1. The SMILES string of the molecule is C#Cc1c(F)ccc2cc(O)cc(-c3nc(OC)c4c(N5CCOC[C@@](C)(O)C5)nc(OC[C@]56CCC[C@H]5N(C5CCC7(CCO7)CC5)CCC6)nc4c3F)c12. The summed E-state index contributed by atoms with van der Waals surface area (Å²) in [5, 5.41) is 22.8. The first-order chi connectivity index (χ1) is 27.0. The topological polar surface area (TPSA) is 123 Å². The highest BCUT2D eigenvalue weighted by molar-refractivity contribution is 6.04. The predicted molar refractivity (Wildman–Crippen MR) is 207 cm³/mol. The van der Waals surface area contributed by atoms with E-state index in [4.69, 9.17) is 35.3 Å². The third-order valence-corrected chi connectivity index (χ3v) is 13.2. The summed E-state index contributed by atoms with van der Waals surface area (Å²) >= 11 is 0. The lowest BCUT2D eigenvalue weighted by Gasteiger charge is -2.53. The maximum absolute atomic E-state index is 17.4. The van der Waals surface area contributed by atoms with Crippen LogP contribution in [0.25, 0.3) is 32.9 Å². The summed E-state index contributed by atoms with van der Waals surface area (Å²) < 4.78 is 56.7. The van der Waals surface area contributed by atoms with Gasteiger partial charge < -0.3 is 34.1 Å². The first-order valence-electron chi connectivity index (χ1n) is 20.0. The zero-order chi connectivity index (χ0) is 38.8. The molecule has 0 unspecified atom stereocenters. The minimum absolute atomic E-state index is 0.00292. The van der Waals surface area contributed by atoms with Crippen molar-refractivity contribution in [3.05, 3.63) is 41.5 Å². The van der Waals surface area contributed by atoms with Crippen LogP contribution in [0.3, 0.4) is 0 Å². The van der Waals surface area contributed by atoms with E-state index in [1.807, 2.05) is 4.90 Å². The number of anilines is 1. The largest absolute Gasteiger partial charge is 0.508 e. The number of aliphatic hydroxyl groups is 1. The van der Waals surface area contributed by atoms with Gasteiger partial charge in [0.25, 0.3) is 0 Å². The number of ether oxygens (including phenoxy) is 4. The Morgan fingerprint density at radius 2 is 1.80 bits per heavy atom. The number of benzene rings is 2. The van der Waals surface area contributed by atoms with Crippen molar-refractivity contribution in [1.29, 1.82) is 0 Å². The Morgan fingerprint density at radius 1 is 1.00 bits per heavy atom. The van der Waals surface area contributed by atoms with Gasteiger partial charge in [-0.2, -0.15) is 9.97 Å². The predicted octanol–water partition coefficient (Wildman–Crippen LogP) is 6.52. The van der Waals surface area contributed by atoms with Crippen LogP contribution in [0.5, 0.6) is 17.6 Å². The Morgan fingerprint density at radius 3 is 2.55 bits per heavy atom. The molecule has 2 aliphatic carbocycles. The number of terminal acetylenes is 1. The second kappa shape index (κ2) is 14.2. The van der Waals surface area contributed by atoms with Gasteiger partial charge in [0.05, 0.1) is 51.2 Å². The number of piperidine rings is 1. The van der Waals surface area contributed by atoms with Gasteiger partial charge in [-0.25, -0.2) is 13.8 Å². The molecule has 2 N–H and O–H groups in total. The van der Waals surface area contributed by atoms with Gasteiger partial charge in [-0.05, 0) is 94.8 Å². The number of halogens is 2. The van der Waals surface area contributed by atoms with Crippen LogP contribution < -0.4 is 14.4 Å². The molecule has 13 heteroatoms. The van der Waals surface area contributed by atoms with Crippen molar-refractivity contribution in [2.24, 2.45) is 5.41 Å². The number of hydrogen-bond acceptors (Lipinski definition) is 11. The van der Waals surface area contributed by atoms with Crippen LogP contribution in [0, 0.1) is 29.4 Å². The molecule has 2 aromatic carbocycles. The van der Waals surface area contributed by atoms with E-state index in [9.17, 15) is 10.2 Å². The van der Waals surface area contributed by atoms with Gasteiger partial charge in [-0.1, -0.05) is 18.4 Å². The van der Waals surface area contributed by atoms with Gasteiger partial charge in [0.15, 0.2) is 5.82 Å². The molecule has 5 aliphatic rings. The van der Waals surface area contributed by atoms with Gasteiger partial charge >= 0.3 is 6.01 Å². The molecular weight excluding hydrogens is 720 g/mol. The van der Waals surface area contributed by atoms with Crippen molar-refractivity contribution in [2.75, 3.05) is 58.1 Å². The number of aromatic hydroxyl groups is 1. The number of likely N-dealkylation sites (tertiary alicyclic amines) is 1. The fourth-order valence-corrected chi connectivity index (χ4v) is 10.5. The quantitative estimate of drug-likeness (QED) is 0.200. The highest BCUT2D eigenvalue weighted by Gasteiger charge is 2.52. The van der Waals surface area contributed by atoms with Crippen molar-refractivity contribution in [2.45, 2.75) is 94.4 Å². The number of rotatable bonds is 7. The lowest BCUT2D eigenvalue weighted by atomic mass is 9.72. The first-order valence-corrected chi connectivity index (χ1v) is 20.0. The van der Waals surface area contributed by atoms with E-state index in [-0.39, 0.29) is 80.7 Å². The fourth-order valence-electron chi connectivity index (χ4n) is 10.5. The van der Waals surface area contributed by atoms with E-state index < -0.39 is 17.2 Å². The summed E-state index contributed by atoms with van der Waals surface area (Å²) in [6.45, 7) is 4.87. The molecule has 2 saturated carbocycles. The molecule has 5 fully saturated rings. The Bertz CT molecular complexity index is 2220. The second-order valence-corrected chi connectivity index (χ2v) is 16.9. The van der Waals surface area contributed by atoms with Crippen LogP contribution in [0.4, 0.5) is 14.6 Å². The van der Waals surface area contributed by atoms with Gasteiger partial charge in [0.1, 0.15) is 39.6 Å². The lowest BCUT2D eigenvalue weighted by Crippen LogP contribution is -2.58. The highest BCUT2D eigenvalue weighted by Crippen LogP contribution is 2.51. The van der Waals surface area contributed by atoms with E-state index in [0.717, 1.165) is 70.9 Å². The van der Waals surface area contributed by atoms with Crippen molar-refractivity contribution in [1.82, 2.24) is 19.9 Å². The fraction of sp³-hybridized carbons (Fsp3) is 0.558. The third kappa shape index (κ3) is 6.39. The van der Waals surface area contributed by atoms with Gasteiger partial charge in [0, 0.05) is 35.0 Å². The number of pyridine rings is 1. The van der Waals surface area contributed by atoms with Crippen molar-refractivity contribution < 1.29 is 37.9 Å². The number of β-amino-alcohol motifs (C(OH)–C–C–N with tert-alkyl or cyclic N) is 1. The molecular formula is C43H49F2N5O6. The summed E-state index contributed by atoms with van der Waals surface area (Å²) in [6.07, 6.45) is 16.8. The van der Waals surface area contributed by atoms with E-state index in [1.165, 1.54) is 37.8 Å². The summed E-state index contributed by atoms with van der Waals surface area (Å²) in [4.78, 5) is 18.8. The average molecular weight is 770 g/mol. The van der Waals surface area contributed by atoms with E-state index in [1.54, 1.807) is 6.92 Å². The Balaban J connectivity index is 1.13. The number of methoxy groups -OCH3 is 1. The molecule has 4 aromatic rings. The molecule has 11 nitrogen and oxygen atoms in total. The van der Waals surface area contributed by atoms with Gasteiger partial charge in [-0.15, -0.1) is 6.42 Å². The van der Waals surface area contributed by atoms with Crippen LogP contribution in [0.1, 0.15) is 76.7 Å². The molecule has 0 amide bonds. The zero-order valence-corrected chi connectivity index (χ0v) is 32.1. The Labute approximate surface area is 325 Å². The third-order valence-electron chi connectivity index (χ3n) is 13.2. The number of nitrogens with zero attached hydrogens (tertiary/aromatic N) is 5. The highest BCUT2D eigenvalue weighted by atomic mass is 19.1. The van der Waals surface area contributed by atoms with Crippen molar-refractivity contribution >= 4 is 27.5 Å². The van der Waals surface area contributed by atoms with E-state index >= 15 is 8.78 Å². The molecule has 56 heavy (non-hydrogen) atoms. The monoisotopic (exact) mass is 769 g/mol. The number of phenols is 1. The Kier molecular flexibility index (Phi) is 9.47. The molecule has 296 valence electrons. The molecule has 0 radical (unpaired) electrons. The molecule has 3 saturated heterocycles. The minimum Gasteiger partial charge on any atom is -0.508 e. The summed E-state index contributed by atoms with van der Waals surface area (Å²) in [7, 11) is 1.41. The zero-order valence-electron chi connectivity index (χ0n) is 32.1. The number of aromatic nitrogens is 3. The van der Waals surface area contributed by atoms with Crippen LogP contribution in [0.2, 0.25) is 0 Å². The van der Waals surface area contributed by atoms with E-state index in [0.29, 0.717) is 37.2 Å². The van der Waals surface area contributed by atoms with Crippen molar-refractivity contribution in [3.8, 4) is 41.2 Å². The van der Waals surface area contributed by atoms with E-state index in [2.05, 4.69) is 15.8 Å². The molecule has 3 aliphatic heterocycles. The maximum atomic E-state index is 17.4. The molecule has 1 spiro atoms. The summed E-state index contributed by atoms with van der Waals surface area (Å²) in [5.41, 5.74) is -1.62. The molecule has 3 atom stereocenters. The summed E-state index contributed by atoms with van der Waals surface area (Å²) in [6, 6.07) is 6.31. The van der Waals surface area contributed by atoms with Gasteiger partial charge in [0.2, 0.25) is 5.88 Å². The number of fused-ring (bicyclic) bond motifs is 3. The molecule has 2 aromatic heterocycles. The average Bonchev–Trinajstić information content (AvgIpc) is 3.53. The van der Waals surface area contributed by atoms with Crippen LogP contribution >= 0.6 is 0 Å². The number of hydrogen-bond donors (Lipinski definition) is 2. The summed E-state index contributed by atoms with van der Waals surface area (Å²) in [5.74, 6) is 0.970. The van der Waals surface area contributed by atoms with Crippen molar-refractivity contribution in [3.63, 3.8) is 0 Å². The molecule has 0 bridgehead atoms. The second-order valence-electron chi connectivity index (χ2n) is 16.9. The lowest BCUT2D eigenvalue weighted by molar-refractivity contribution is -0.175. The first kappa shape index (κ1) is 37.2. The smallest absolute Gasteiger partial charge is 0.319 e. The minimum atomic E-state index is -1.24. The van der Waals surface area contributed by atoms with Crippen LogP contribution in [0.15, 0.2) is 24.3 Å². The maximum Gasteiger partial charge on any atom is 0.319 e. The van der Waals surface area contributed by atoms with Crippen LogP contribution in [-0.2, 0) is 9.47 Å². The molecule has 9 rings (SSSR count). The normalized spacial score (nSPS) is 29.5. The molecule has 5 heterocycles. The standard InChI is InChI=1S/C43H49F2N5O6/c1-4-29-31(44)9-8-26-21-28(51)22-30(33(26)29)36-35(45)37-34(39(46-36)53-3)38(49-18-20-54-24-41(2,52)23-49)48-40(47-37)55-25-42-12-5-7-32(42)50(17-6-13-42)27-10-14-43(15-11-27)16-19-56-43/h1,8-9,21-22,27,32,51-52H,5-7,10-20,23-25H2,2-3H3/t27?,32-,41+,42-,43?/m1/s1. The van der Waals surface area contributed by atoms with Gasteiger partial charge in [-0.3, -0.25) is 4.90 Å². The van der Waals surface area contributed by atoms with Crippen LogP contribution in [-0.4, -0.2) is 107 Å². The Hall–Kier alpha value is -4.35.